The van der Waals surface area contributed by atoms with Crippen LogP contribution in [0.25, 0.3) is 99.7 Å². The zero-order valence-electron chi connectivity index (χ0n) is 34.4. The van der Waals surface area contributed by atoms with Crippen LogP contribution < -0.4 is 4.90 Å². The molecule has 4 aromatic heterocycles. The number of nitrogens with zero attached hydrogens (tertiary/aromatic N) is 6. The van der Waals surface area contributed by atoms with Gasteiger partial charge in [-0.05, 0) is 91.0 Å². The van der Waals surface area contributed by atoms with Crippen LogP contribution in [-0.4, -0.2) is 24.1 Å². The van der Waals surface area contributed by atoms with Gasteiger partial charge in [0.1, 0.15) is 11.2 Å². The Morgan fingerprint density at radius 2 is 0.953 bits per heavy atom. The lowest BCUT2D eigenvalue weighted by molar-refractivity contribution is 0.669. The maximum absolute atomic E-state index is 6.46. The Morgan fingerprint density at radius 3 is 1.72 bits per heavy atom. The lowest BCUT2D eigenvalue weighted by atomic mass is 10.1. The molecule has 0 aliphatic heterocycles. The Kier molecular flexibility index (Phi) is 8.08. The number of rotatable bonds is 7. The van der Waals surface area contributed by atoms with E-state index in [1.54, 1.807) is 0 Å². The SMILES string of the molecule is c1ccc(N(c2nc(-c3ccc4c(c3)c3ccccc3n4-c3ccccc3)nc(-c3cccc4c5ccccc5n(-c5ccccc5)c34)n2)c2cccc3oc4ccccc4c23)cc1. The molecule has 0 bridgehead atoms. The zero-order valence-corrected chi connectivity index (χ0v) is 34.4. The van der Waals surface area contributed by atoms with Crippen molar-refractivity contribution >= 4 is 82.9 Å². The highest BCUT2D eigenvalue weighted by molar-refractivity contribution is 6.15. The van der Waals surface area contributed by atoms with Gasteiger partial charge in [-0.3, -0.25) is 4.90 Å². The van der Waals surface area contributed by atoms with Crippen molar-refractivity contribution in [2.45, 2.75) is 0 Å². The molecule has 0 aliphatic rings. The van der Waals surface area contributed by atoms with Crippen LogP contribution in [0, 0.1) is 0 Å². The number of hydrogen-bond acceptors (Lipinski definition) is 5. The fourth-order valence-electron chi connectivity index (χ4n) is 9.61. The summed E-state index contributed by atoms with van der Waals surface area (Å²) < 4.78 is 11.1. The maximum Gasteiger partial charge on any atom is 0.238 e. The standard InChI is InChI=1S/C57H36N6O/c1-4-18-38(19-5-1)61-47-29-13-11-25-42(47)46-36-37(34-35-49(46)61)55-58-56(45-28-16-27-43-41-24-10-14-30-48(41)62(54(43)45)39-20-6-2-7-21-39)60-57(59-55)63(40-22-8-3-9-23-40)50-31-17-33-52-53(50)44-26-12-15-32-51(44)64-52/h1-36H. The molecule has 13 aromatic rings. The van der Waals surface area contributed by atoms with E-state index in [0.29, 0.717) is 17.6 Å². The summed E-state index contributed by atoms with van der Waals surface area (Å²) in [5, 5.41) is 6.53. The van der Waals surface area contributed by atoms with Gasteiger partial charge in [-0.1, -0.05) is 127 Å². The first-order valence-corrected chi connectivity index (χ1v) is 21.5. The monoisotopic (exact) mass is 820 g/mol. The van der Waals surface area contributed by atoms with Gasteiger partial charge in [0.2, 0.25) is 5.95 Å². The first-order valence-electron chi connectivity index (χ1n) is 21.5. The smallest absolute Gasteiger partial charge is 0.238 e. The number of hydrogen-bond donors (Lipinski definition) is 0. The number of fused-ring (bicyclic) bond motifs is 9. The molecule has 0 aliphatic carbocycles. The lowest BCUT2D eigenvalue weighted by Gasteiger charge is -2.25. The number of aromatic nitrogens is 5. The van der Waals surface area contributed by atoms with E-state index in [1.807, 2.05) is 30.3 Å². The van der Waals surface area contributed by atoms with Crippen molar-refractivity contribution in [2.24, 2.45) is 0 Å². The van der Waals surface area contributed by atoms with Crippen molar-refractivity contribution in [3.8, 4) is 34.2 Å². The van der Waals surface area contributed by atoms with Crippen molar-refractivity contribution < 1.29 is 4.42 Å². The quantitative estimate of drug-likeness (QED) is 0.160. The van der Waals surface area contributed by atoms with E-state index in [0.717, 1.165) is 99.4 Å². The Hall–Kier alpha value is -8.81. The predicted octanol–water partition coefficient (Wildman–Crippen LogP) is 14.8. The van der Waals surface area contributed by atoms with E-state index in [9.17, 15) is 0 Å². The number of furan rings is 1. The average molecular weight is 821 g/mol. The van der Waals surface area contributed by atoms with Crippen LogP contribution in [0.5, 0.6) is 0 Å². The summed E-state index contributed by atoms with van der Waals surface area (Å²) in [5.74, 6) is 1.60. The van der Waals surface area contributed by atoms with Crippen molar-refractivity contribution in [3.63, 3.8) is 0 Å². The highest BCUT2D eigenvalue weighted by atomic mass is 16.3. The molecule has 0 saturated heterocycles. The molecule has 64 heavy (non-hydrogen) atoms. The molecular formula is C57H36N6O. The predicted molar refractivity (Wildman–Crippen MR) is 261 cm³/mol. The van der Waals surface area contributed by atoms with E-state index in [-0.39, 0.29) is 0 Å². The topological polar surface area (TPSA) is 64.9 Å². The molecule has 13 rings (SSSR count). The third kappa shape index (κ3) is 5.58. The highest BCUT2D eigenvalue weighted by Crippen LogP contribution is 2.44. The third-order valence-corrected chi connectivity index (χ3v) is 12.4. The Labute approximate surface area is 367 Å². The van der Waals surface area contributed by atoms with Gasteiger partial charge in [0.25, 0.3) is 0 Å². The van der Waals surface area contributed by atoms with Gasteiger partial charge in [0.05, 0.1) is 33.1 Å². The molecule has 300 valence electrons. The number of para-hydroxylation sites is 7. The normalized spacial score (nSPS) is 11.8. The minimum absolute atomic E-state index is 0.482. The van der Waals surface area contributed by atoms with Gasteiger partial charge in [0.15, 0.2) is 11.6 Å². The van der Waals surface area contributed by atoms with Crippen LogP contribution >= 0.6 is 0 Å². The molecule has 0 saturated carbocycles. The summed E-state index contributed by atoms with van der Waals surface area (Å²) in [6.45, 7) is 0. The molecule has 0 radical (unpaired) electrons. The van der Waals surface area contributed by atoms with Crippen LogP contribution in [0.4, 0.5) is 17.3 Å². The lowest BCUT2D eigenvalue weighted by Crippen LogP contribution is -2.15. The summed E-state index contributed by atoms with van der Waals surface area (Å²) in [7, 11) is 0. The van der Waals surface area contributed by atoms with Gasteiger partial charge >= 0.3 is 0 Å². The second-order valence-electron chi connectivity index (χ2n) is 16.0. The van der Waals surface area contributed by atoms with E-state index in [2.05, 4.69) is 202 Å². The van der Waals surface area contributed by atoms with Crippen LogP contribution in [0.2, 0.25) is 0 Å². The minimum atomic E-state index is 0.482. The van der Waals surface area contributed by atoms with Gasteiger partial charge in [0, 0.05) is 55.1 Å². The van der Waals surface area contributed by atoms with Gasteiger partial charge in [-0.25, -0.2) is 4.98 Å². The van der Waals surface area contributed by atoms with Crippen LogP contribution in [0.1, 0.15) is 0 Å². The number of anilines is 3. The summed E-state index contributed by atoms with van der Waals surface area (Å²) in [6, 6.07) is 76.0. The Balaban J connectivity index is 1.12. The highest BCUT2D eigenvalue weighted by Gasteiger charge is 2.26. The summed E-state index contributed by atoms with van der Waals surface area (Å²) in [5.41, 5.74) is 11.7. The molecule has 0 spiro atoms. The molecule has 9 aromatic carbocycles. The van der Waals surface area contributed by atoms with Gasteiger partial charge in [-0.2, -0.15) is 9.97 Å². The molecule has 0 fully saturated rings. The molecular weight excluding hydrogens is 785 g/mol. The zero-order chi connectivity index (χ0) is 42.1. The summed E-state index contributed by atoms with van der Waals surface area (Å²) in [6.07, 6.45) is 0. The van der Waals surface area contributed by atoms with E-state index in [1.165, 1.54) is 0 Å². The van der Waals surface area contributed by atoms with Crippen LogP contribution in [-0.2, 0) is 0 Å². The summed E-state index contributed by atoms with van der Waals surface area (Å²) >= 11 is 0. The molecule has 7 nitrogen and oxygen atoms in total. The average Bonchev–Trinajstić information content (AvgIpc) is 4.03. The third-order valence-electron chi connectivity index (χ3n) is 12.4. The second kappa shape index (κ2) is 14.4. The van der Waals surface area contributed by atoms with Gasteiger partial charge in [-0.15, -0.1) is 0 Å². The van der Waals surface area contributed by atoms with Crippen LogP contribution in [0.15, 0.2) is 223 Å². The molecule has 7 heteroatoms. The van der Waals surface area contributed by atoms with Crippen molar-refractivity contribution in [2.75, 3.05) is 4.90 Å². The largest absolute Gasteiger partial charge is 0.456 e. The molecule has 0 N–H and O–H groups in total. The molecule has 0 atom stereocenters. The minimum Gasteiger partial charge on any atom is -0.456 e. The van der Waals surface area contributed by atoms with Crippen molar-refractivity contribution in [1.82, 2.24) is 24.1 Å². The fraction of sp³-hybridized carbons (Fsp3) is 0. The number of benzene rings is 9. The van der Waals surface area contributed by atoms with E-state index < -0.39 is 0 Å². The Bertz CT molecular complexity index is 3910. The fourth-order valence-corrected chi connectivity index (χ4v) is 9.61. The van der Waals surface area contributed by atoms with E-state index in [4.69, 9.17) is 19.4 Å². The van der Waals surface area contributed by atoms with Crippen molar-refractivity contribution in [3.05, 3.63) is 218 Å². The second-order valence-corrected chi connectivity index (χ2v) is 16.0. The molecule has 0 amide bonds. The molecule has 4 heterocycles. The molecule has 0 unspecified atom stereocenters. The van der Waals surface area contributed by atoms with E-state index >= 15 is 0 Å². The first-order chi connectivity index (χ1) is 31.8. The first kappa shape index (κ1) is 35.9. The van der Waals surface area contributed by atoms with Crippen LogP contribution in [0.3, 0.4) is 0 Å². The Morgan fingerprint density at radius 1 is 0.391 bits per heavy atom. The van der Waals surface area contributed by atoms with Gasteiger partial charge < -0.3 is 13.6 Å². The summed E-state index contributed by atoms with van der Waals surface area (Å²) in [4.78, 5) is 18.6. The maximum atomic E-state index is 6.46. The van der Waals surface area contributed by atoms with Crippen molar-refractivity contribution in [1.29, 1.82) is 0 Å².